The summed E-state index contributed by atoms with van der Waals surface area (Å²) in [6.07, 6.45) is 2.39. The quantitative estimate of drug-likeness (QED) is 0.832. The second-order valence-electron chi connectivity index (χ2n) is 5.26. The van der Waals surface area contributed by atoms with Gasteiger partial charge in [-0.1, -0.05) is 35.0 Å². The summed E-state index contributed by atoms with van der Waals surface area (Å²) in [6, 6.07) is 7.95. The molecule has 0 bridgehead atoms. The Morgan fingerprint density at radius 2 is 2.23 bits per heavy atom. The van der Waals surface area contributed by atoms with Crippen LogP contribution in [0.1, 0.15) is 33.4 Å². The lowest BCUT2D eigenvalue weighted by atomic mass is 10.1. The van der Waals surface area contributed by atoms with Gasteiger partial charge in [-0.15, -0.1) is 0 Å². The van der Waals surface area contributed by atoms with Gasteiger partial charge in [0.2, 0.25) is 0 Å². The van der Waals surface area contributed by atoms with Crippen molar-refractivity contribution >= 4 is 29.3 Å². The monoisotopic (exact) mass is 336 g/mol. The first-order chi connectivity index (χ1) is 10.7. The lowest BCUT2D eigenvalue weighted by Gasteiger charge is -2.20. The van der Waals surface area contributed by atoms with Gasteiger partial charge in [0.1, 0.15) is 11.3 Å². The van der Waals surface area contributed by atoms with Crippen molar-refractivity contribution in [2.45, 2.75) is 18.6 Å². The average molecular weight is 337 g/mol. The van der Waals surface area contributed by atoms with E-state index >= 15 is 0 Å². The van der Waals surface area contributed by atoms with E-state index in [9.17, 15) is 4.79 Å². The summed E-state index contributed by atoms with van der Waals surface area (Å²) < 4.78 is 4.99. The molecule has 2 aromatic rings. The third-order valence-electron chi connectivity index (χ3n) is 3.86. The highest BCUT2D eigenvalue weighted by atomic mass is 35.5. The SMILES string of the molecule is Cc1oncc1C(=O)N1CCSC(c2ccccc2Cl)CC1. The summed E-state index contributed by atoms with van der Waals surface area (Å²) >= 11 is 8.15. The van der Waals surface area contributed by atoms with E-state index in [1.54, 1.807) is 6.92 Å². The number of carbonyl (C=O) groups excluding carboxylic acids is 1. The first-order valence-corrected chi connectivity index (χ1v) is 8.66. The zero-order chi connectivity index (χ0) is 15.5. The molecule has 4 nitrogen and oxygen atoms in total. The smallest absolute Gasteiger partial charge is 0.259 e. The molecule has 1 atom stereocenters. The lowest BCUT2D eigenvalue weighted by Crippen LogP contribution is -2.33. The molecule has 0 aliphatic carbocycles. The number of rotatable bonds is 2. The van der Waals surface area contributed by atoms with Gasteiger partial charge in [0.25, 0.3) is 5.91 Å². The van der Waals surface area contributed by atoms with Crippen LogP contribution in [0.3, 0.4) is 0 Å². The normalized spacial score (nSPS) is 19.0. The Bertz CT molecular complexity index is 674. The molecule has 22 heavy (non-hydrogen) atoms. The van der Waals surface area contributed by atoms with Crippen LogP contribution >= 0.6 is 23.4 Å². The second-order valence-corrected chi connectivity index (χ2v) is 6.98. The molecule has 1 aliphatic rings. The summed E-state index contributed by atoms with van der Waals surface area (Å²) in [6.45, 7) is 3.21. The van der Waals surface area contributed by atoms with Crippen molar-refractivity contribution in [2.24, 2.45) is 0 Å². The summed E-state index contributed by atoms with van der Waals surface area (Å²) in [5.74, 6) is 1.47. The van der Waals surface area contributed by atoms with Gasteiger partial charge >= 0.3 is 0 Å². The number of amides is 1. The van der Waals surface area contributed by atoms with Gasteiger partial charge in [0.05, 0.1) is 6.20 Å². The van der Waals surface area contributed by atoms with E-state index in [4.69, 9.17) is 16.1 Å². The highest BCUT2D eigenvalue weighted by Crippen LogP contribution is 2.38. The van der Waals surface area contributed by atoms with Gasteiger partial charge in [-0.3, -0.25) is 4.79 Å². The van der Waals surface area contributed by atoms with Crippen LogP contribution in [-0.2, 0) is 0 Å². The third kappa shape index (κ3) is 3.15. The Morgan fingerprint density at radius 1 is 1.41 bits per heavy atom. The van der Waals surface area contributed by atoms with Gasteiger partial charge in [-0.2, -0.15) is 11.8 Å². The van der Waals surface area contributed by atoms with Crippen LogP contribution in [0.5, 0.6) is 0 Å². The van der Waals surface area contributed by atoms with Crippen molar-refractivity contribution in [3.8, 4) is 0 Å². The Labute approximate surface area is 138 Å². The van der Waals surface area contributed by atoms with Gasteiger partial charge < -0.3 is 9.42 Å². The molecule has 1 unspecified atom stereocenters. The number of aryl methyl sites for hydroxylation is 1. The van der Waals surface area contributed by atoms with Crippen molar-refractivity contribution in [3.05, 3.63) is 52.4 Å². The number of carbonyl (C=O) groups is 1. The fourth-order valence-electron chi connectivity index (χ4n) is 2.63. The maximum absolute atomic E-state index is 12.5. The Hall–Kier alpha value is -1.46. The molecule has 0 saturated carbocycles. The van der Waals surface area contributed by atoms with E-state index < -0.39 is 0 Å². The van der Waals surface area contributed by atoms with E-state index in [1.807, 2.05) is 34.9 Å². The molecule has 3 rings (SSSR count). The molecule has 6 heteroatoms. The number of hydrogen-bond donors (Lipinski definition) is 0. The first-order valence-electron chi connectivity index (χ1n) is 7.23. The van der Waals surface area contributed by atoms with Gasteiger partial charge in [0.15, 0.2) is 0 Å². The molecule has 116 valence electrons. The van der Waals surface area contributed by atoms with Crippen molar-refractivity contribution in [3.63, 3.8) is 0 Å². The molecule has 0 radical (unpaired) electrons. The molecule has 1 fully saturated rings. The number of aromatic nitrogens is 1. The lowest BCUT2D eigenvalue weighted by molar-refractivity contribution is 0.0765. The molecular weight excluding hydrogens is 320 g/mol. The highest BCUT2D eigenvalue weighted by Gasteiger charge is 2.25. The van der Waals surface area contributed by atoms with Gasteiger partial charge in [0, 0.05) is 29.1 Å². The maximum Gasteiger partial charge on any atom is 0.259 e. The van der Waals surface area contributed by atoms with Crippen molar-refractivity contribution in [1.29, 1.82) is 0 Å². The minimum absolute atomic E-state index is 0.000779. The maximum atomic E-state index is 12.5. The minimum atomic E-state index is -0.000779. The van der Waals surface area contributed by atoms with Crippen molar-refractivity contribution in [2.75, 3.05) is 18.8 Å². The van der Waals surface area contributed by atoms with Crippen LogP contribution in [0, 0.1) is 6.92 Å². The van der Waals surface area contributed by atoms with Gasteiger partial charge in [-0.25, -0.2) is 0 Å². The number of thioether (sulfide) groups is 1. The second kappa shape index (κ2) is 6.75. The number of benzene rings is 1. The fourth-order valence-corrected chi connectivity index (χ4v) is 4.23. The van der Waals surface area contributed by atoms with Crippen LogP contribution in [-0.4, -0.2) is 34.8 Å². The molecule has 1 aromatic carbocycles. The average Bonchev–Trinajstić information content (AvgIpc) is 2.80. The molecule has 2 heterocycles. The topological polar surface area (TPSA) is 46.3 Å². The third-order valence-corrected chi connectivity index (χ3v) is 5.52. The van der Waals surface area contributed by atoms with Gasteiger partial charge in [-0.05, 0) is 25.0 Å². The van der Waals surface area contributed by atoms with Crippen LogP contribution < -0.4 is 0 Å². The van der Waals surface area contributed by atoms with Crippen molar-refractivity contribution < 1.29 is 9.32 Å². The van der Waals surface area contributed by atoms with Crippen LogP contribution in [0.25, 0.3) is 0 Å². The summed E-state index contributed by atoms with van der Waals surface area (Å²) in [5.41, 5.74) is 1.71. The summed E-state index contributed by atoms with van der Waals surface area (Å²) in [4.78, 5) is 14.4. The Balaban J connectivity index is 1.72. The van der Waals surface area contributed by atoms with Crippen LogP contribution in [0.4, 0.5) is 0 Å². The molecule has 1 amide bonds. The number of nitrogens with zero attached hydrogens (tertiary/aromatic N) is 2. The Morgan fingerprint density at radius 3 is 2.95 bits per heavy atom. The molecule has 1 aromatic heterocycles. The van der Waals surface area contributed by atoms with E-state index in [2.05, 4.69) is 11.2 Å². The minimum Gasteiger partial charge on any atom is -0.361 e. The molecule has 1 aliphatic heterocycles. The van der Waals surface area contributed by atoms with E-state index in [1.165, 1.54) is 6.20 Å². The number of halogens is 1. The van der Waals surface area contributed by atoms with E-state index in [-0.39, 0.29) is 5.91 Å². The molecule has 0 N–H and O–H groups in total. The Kier molecular flexibility index (Phi) is 4.74. The highest BCUT2D eigenvalue weighted by molar-refractivity contribution is 7.99. The summed E-state index contributed by atoms with van der Waals surface area (Å²) in [7, 11) is 0. The van der Waals surface area contributed by atoms with Crippen LogP contribution in [0.2, 0.25) is 5.02 Å². The predicted molar refractivity (Wildman–Crippen MR) is 88.4 cm³/mol. The van der Waals surface area contributed by atoms with Crippen LogP contribution in [0.15, 0.2) is 35.0 Å². The number of hydrogen-bond acceptors (Lipinski definition) is 4. The predicted octanol–water partition coefficient (Wildman–Crippen LogP) is 3.96. The first kappa shape index (κ1) is 15.4. The zero-order valence-electron chi connectivity index (χ0n) is 12.3. The summed E-state index contributed by atoms with van der Waals surface area (Å²) in [5, 5.41) is 4.82. The standard InChI is InChI=1S/C16H17ClN2O2S/c1-11-13(10-18-21-11)16(20)19-7-6-15(22-9-8-19)12-4-2-3-5-14(12)17/h2-5,10,15H,6-9H2,1H3. The largest absolute Gasteiger partial charge is 0.361 e. The molecule has 0 spiro atoms. The molecular formula is C16H17ClN2O2S. The fraction of sp³-hybridized carbons (Fsp3) is 0.375. The van der Waals surface area contributed by atoms with E-state index in [0.29, 0.717) is 23.1 Å². The zero-order valence-corrected chi connectivity index (χ0v) is 13.9. The molecule has 1 saturated heterocycles. The van der Waals surface area contributed by atoms with Crippen molar-refractivity contribution in [1.82, 2.24) is 10.1 Å². The van der Waals surface area contributed by atoms with E-state index in [0.717, 1.165) is 29.3 Å².